The monoisotopic (exact) mass is 428 g/mol. The van der Waals surface area contributed by atoms with Crippen LogP contribution < -0.4 is 0 Å². The van der Waals surface area contributed by atoms with Gasteiger partial charge in [-0.15, -0.1) is 0 Å². The molecule has 0 N–H and O–H groups in total. The minimum absolute atomic E-state index is 0.0524. The summed E-state index contributed by atoms with van der Waals surface area (Å²) in [7, 11) is 0. The van der Waals surface area contributed by atoms with Crippen molar-refractivity contribution in [2.75, 3.05) is 19.7 Å². The Hall–Kier alpha value is -2.73. The molecule has 1 saturated heterocycles. The molecule has 1 amide bonds. The van der Waals surface area contributed by atoms with Gasteiger partial charge < -0.3 is 18.6 Å². The van der Waals surface area contributed by atoms with Crippen LogP contribution in [0.4, 0.5) is 0 Å². The molecule has 1 fully saturated rings. The van der Waals surface area contributed by atoms with Gasteiger partial charge in [-0.1, -0.05) is 23.7 Å². The lowest BCUT2D eigenvalue weighted by molar-refractivity contribution is -0.149. The van der Waals surface area contributed by atoms with Gasteiger partial charge in [0.1, 0.15) is 11.5 Å². The predicted molar refractivity (Wildman–Crippen MR) is 115 cm³/mol. The van der Waals surface area contributed by atoms with E-state index >= 15 is 0 Å². The number of rotatable bonds is 5. The number of carbonyl (C=O) groups is 2. The first kappa shape index (κ1) is 20.5. The molecular weight excluding hydrogens is 404 g/mol. The molecule has 4 rings (SSSR count). The van der Waals surface area contributed by atoms with Gasteiger partial charge in [0.15, 0.2) is 5.58 Å². The molecular formula is C23H25ClN2O4. The van der Waals surface area contributed by atoms with Crippen LogP contribution in [0.3, 0.4) is 0 Å². The number of esters is 1. The molecule has 7 heteroatoms. The molecule has 0 bridgehead atoms. The molecule has 2 aromatic heterocycles. The molecule has 6 nitrogen and oxygen atoms in total. The Morgan fingerprint density at radius 2 is 1.97 bits per heavy atom. The Kier molecular flexibility index (Phi) is 5.86. The second-order valence-electron chi connectivity index (χ2n) is 7.67. The number of ether oxygens (including phenoxy) is 1. The lowest BCUT2D eigenvalue weighted by atomic mass is 9.97. The lowest BCUT2D eigenvalue weighted by Gasteiger charge is -2.31. The van der Waals surface area contributed by atoms with Crippen molar-refractivity contribution in [1.82, 2.24) is 9.47 Å². The molecule has 0 saturated carbocycles. The molecule has 0 unspecified atom stereocenters. The average Bonchev–Trinajstić information content (AvgIpc) is 3.25. The zero-order valence-corrected chi connectivity index (χ0v) is 17.9. The molecule has 1 aliphatic rings. The number of likely N-dealkylation sites (tertiary alicyclic amines) is 1. The van der Waals surface area contributed by atoms with Crippen LogP contribution in [0, 0.1) is 12.8 Å². The third-order valence-electron chi connectivity index (χ3n) is 5.56. The fourth-order valence-corrected chi connectivity index (χ4v) is 4.28. The lowest BCUT2D eigenvalue weighted by Crippen LogP contribution is -2.41. The second-order valence-corrected chi connectivity index (χ2v) is 8.11. The van der Waals surface area contributed by atoms with Crippen LogP contribution in [0.1, 0.15) is 41.6 Å². The number of aromatic nitrogens is 1. The zero-order chi connectivity index (χ0) is 21.3. The van der Waals surface area contributed by atoms with E-state index in [-0.39, 0.29) is 17.8 Å². The summed E-state index contributed by atoms with van der Waals surface area (Å²) in [6.07, 6.45) is 1.24. The van der Waals surface area contributed by atoms with E-state index in [1.54, 1.807) is 0 Å². The van der Waals surface area contributed by atoms with E-state index in [0.717, 1.165) is 16.8 Å². The number of amides is 1. The van der Waals surface area contributed by atoms with E-state index in [1.165, 1.54) is 0 Å². The smallest absolute Gasteiger partial charge is 0.309 e. The summed E-state index contributed by atoms with van der Waals surface area (Å²) in [5.74, 6) is 0.450. The van der Waals surface area contributed by atoms with Crippen LogP contribution in [0.25, 0.3) is 11.1 Å². The molecule has 3 aromatic rings. The average molecular weight is 429 g/mol. The number of hydrogen-bond donors (Lipinski definition) is 0. The van der Waals surface area contributed by atoms with E-state index in [2.05, 4.69) is 0 Å². The summed E-state index contributed by atoms with van der Waals surface area (Å²) in [5.41, 5.74) is 3.17. The number of benzene rings is 1. The van der Waals surface area contributed by atoms with Crippen molar-refractivity contribution in [3.8, 4) is 0 Å². The van der Waals surface area contributed by atoms with E-state index in [4.69, 9.17) is 20.8 Å². The maximum absolute atomic E-state index is 13.4. The first-order chi connectivity index (χ1) is 14.5. The fourth-order valence-electron chi connectivity index (χ4n) is 4.07. The maximum Gasteiger partial charge on any atom is 0.309 e. The van der Waals surface area contributed by atoms with Gasteiger partial charge in [-0.05, 0) is 44.4 Å². The number of piperidine rings is 1. The van der Waals surface area contributed by atoms with Gasteiger partial charge >= 0.3 is 5.97 Å². The van der Waals surface area contributed by atoms with Gasteiger partial charge in [0.2, 0.25) is 0 Å². The SMILES string of the molecule is CCOC(=O)C1CCN(C(=O)c2cc3oc(C)cc3n2Cc2cccc(Cl)c2)CC1. The highest BCUT2D eigenvalue weighted by Crippen LogP contribution is 2.28. The Bertz CT molecular complexity index is 1080. The molecule has 1 aliphatic heterocycles. The number of halogens is 1. The summed E-state index contributed by atoms with van der Waals surface area (Å²) in [5, 5.41) is 0.660. The minimum atomic E-state index is -0.165. The summed E-state index contributed by atoms with van der Waals surface area (Å²) >= 11 is 6.15. The van der Waals surface area contributed by atoms with E-state index in [1.807, 2.05) is 59.7 Å². The van der Waals surface area contributed by atoms with Crippen molar-refractivity contribution >= 4 is 34.6 Å². The second kappa shape index (κ2) is 8.56. The predicted octanol–water partition coefficient (Wildman–Crippen LogP) is 4.66. The van der Waals surface area contributed by atoms with Gasteiger partial charge in [0.25, 0.3) is 5.91 Å². The van der Waals surface area contributed by atoms with Crippen LogP contribution in [-0.4, -0.2) is 41.0 Å². The minimum Gasteiger partial charge on any atom is -0.466 e. The van der Waals surface area contributed by atoms with Crippen LogP contribution in [0.5, 0.6) is 0 Å². The third kappa shape index (κ3) is 4.10. The topological polar surface area (TPSA) is 64.7 Å². The van der Waals surface area contributed by atoms with E-state index < -0.39 is 0 Å². The van der Waals surface area contributed by atoms with Crippen molar-refractivity contribution in [2.45, 2.75) is 33.2 Å². The number of nitrogens with zero attached hydrogens (tertiary/aromatic N) is 2. The van der Waals surface area contributed by atoms with Crippen molar-refractivity contribution in [1.29, 1.82) is 0 Å². The van der Waals surface area contributed by atoms with E-state index in [0.29, 0.717) is 55.4 Å². The molecule has 30 heavy (non-hydrogen) atoms. The van der Waals surface area contributed by atoms with Crippen LogP contribution in [-0.2, 0) is 16.1 Å². The normalized spacial score (nSPS) is 15.0. The molecule has 1 aromatic carbocycles. The highest BCUT2D eigenvalue weighted by Gasteiger charge is 2.30. The van der Waals surface area contributed by atoms with Crippen LogP contribution in [0.15, 0.2) is 40.8 Å². The summed E-state index contributed by atoms with van der Waals surface area (Å²) in [4.78, 5) is 27.2. The first-order valence-corrected chi connectivity index (χ1v) is 10.6. The molecule has 3 heterocycles. The standard InChI is InChI=1S/C23H25ClN2O4/c1-3-29-23(28)17-7-9-25(10-8-17)22(27)20-13-21-19(11-15(2)30-21)26(20)14-16-5-4-6-18(24)12-16/h4-6,11-13,17H,3,7-10,14H2,1-2H3. The summed E-state index contributed by atoms with van der Waals surface area (Å²) in [6.45, 7) is 5.67. The van der Waals surface area contributed by atoms with Crippen molar-refractivity contribution in [2.24, 2.45) is 5.92 Å². The largest absolute Gasteiger partial charge is 0.466 e. The number of hydrogen-bond acceptors (Lipinski definition) is 4. The molecule has 0 radical (unpaired) electrons. The van der Waals surface area contributed by atoms with Crippen LogP contribution in [0.2, 0.25) is 5.02 Å². The van der Waals surface area contributed by atoms with Crippen molar-refractivity contribution in [3.05, 3.63) is 58.4 Å². The molecule has 158 valence electrons. The summed E-state index contributed by atoms with van der Waals surface area (Å²) in [6, 6.07) is 11.4. The van der Waals surface area contributed by atoms with Gasteiger partial charge in [0, 0.05) is 36.8 Å². The van der Waals surface area contributed by atoms with Gasteiger partial charge in [-0.3, -0.25) is 9.59 Å². The summed E-state index contributed by atoms with van der Waals surface area (Å²) < 4.78 is 12.9. The number of aryl methyl sites for hydroxylation is 1. The number of carbonyl (C=O) groups excluding carboxylic acids is 2. The highest BCUT2D eigenvalue weighted by molar-refractivity contribution is 6.30. The Morgan fingerprint density at radius 3 is 2.67 bits per heavy atom. The fraction of sp³-hybridized carbons (Fsp3) is 0.391. The molecule has 0 spiro atoms. The molecule has 0 aliphatic carbocycles. The van der Waals surface area contributed by atoms with Crippen LogP contribution >= 0.6 is 11.6 Å². The molecule has 0 atom stereocenters. The Balaban J connectivity index is 1.58. The Morgan fingerprint density at radius 1 is 1.20 bits per heavy atom. The van der Waals surface area contributed by atoms with Crippen molar-refractivity contribution in [3.63, 3.8) is 0 Å². The maximum atomic E-state index is 13.4. The first-order valence-electron chi connectivity index (χ1n) is 10.3. The van der Waals surface area contributed by atoms with Gasteiger partial charge in [-0.2, -0.15) is 0 Å². The van der Waals surface area contributed by atoms with Gasteiger partial charge in [-0.25, -0.2) is 0 Å². The third-order valence-corrected chi connectivity index (χ3v) is 5.80. The zero-order valence-electron chi connectivity index (χ0n) is 17.2. The van der Waals surface area contributed by atoms with E-state index in [9.17, 15) is 9.59 Å². The number of furan rings is 1. The highest BCUT2D eigenvalue weighted by atomic mass is 35.5. The quantitative estimate of drug-likeness (QED) is 0.554. The Labute approximate surface area is 180 Å². The number of fused-ring (bicyclic) bond motifs is 1. The van der Waals surface area contributed by atoms with Gasteiger partial charge in [0.05, 0.1) is 18.0 Å². The van der Waals surface area contributed by atoms with Crippen molar-refractivity contribution < 1.29 is 18.7 Å².